The minimum atomic E-state index is -0.0407. The van der Waals surface area contributed by atoms with E-state index in [-0.39, 0.29) is 17.9 Å². The van der Waals surface area contributed by atoms with Crippen LogP contribution in [0.4, 0.5) is 5.69 Å². The first-order valence-electron chi connectivity index (χ1n) is 6.59. The maximum absolute atomic E-state index is 12.4. The van der Waals surface area contributed by atoms with Gasteiger partial charge in [0.1, 0.15) is 0 Å². The third-order valence-electron chi connectivity index (χ3n) is 3.77. The average Bonchev–Trinajstić information content (AvgIpc) is 2.45. The Kier molecular flexibility index (Phi) is 4.06. The monoisotopic (exact) mass is 257 g/mol. The third kappa shape index (κ3) is 2.87. The smallest absolute Gasteiger partial charge is 0.227 e. The summed E-state index contributed by atoms with van der Waals surface area (Å²) in [5.41, 5.74) is 2.31. The van der Waals surface area contributed by atoms with Crippen LogP contribution in [0.15, 0.2) is 24.3 Å². The molecule has 0 radical (unpaired) electrons. The topological polar surface area (TPSA) is 56.1 Å². The molecule has 0 aliphatic carbocycles. The van der Waals surface area contributed by atoms with E-state index in [0.717, 1.165) is 12.1 Å². The van der Waals surface area contributed by atoms with Gasteiger partial charge in [0.2, 0.25) is 5.91 Å². The number of hydrogen-bond donors (Lipinski definition) is 1. The summed E-state index contributed by atoms with van der Waals surface area (Å²) >= 11 is 0. The summed E-state index contributed by atoms with van der Waals surface area (Å²) in [6.07, 6.45) is 1.14. The first-order valence-corrected chi connectivity index (χ1v) is 6.59. The van der Waals surface area contributed by atoms with Crippen molar-refractivity contribution in [3.8, 4) is 6.07 Å². The Balaban J connectivity index is 2.05. The largest absolute Gasteiger partial charge is 0.384 e. The van der Waals surface area contributed by atoms with E-state index in [4.69, 9.17) is 5.26 Å². The number of para-hydroxylation sites is 1. The zero-order valence-corrected chi connectivity index (χ0v) is 11.4. The van der Waals surface area contributed by atoms with Gasteiger partial charge in [-0.05, 0) is 25.0 Å². The van der Waals surface area contributed by atoms with Crippen molar-refractivity contribution in [3.63, 3.8) is 0 Å². The number of nitriles is 1. The Bertz CT molecular complexity index is 506. The summed E-state index contributed by atoms with van der Waals surface area (Å²) in [7, 11) is 1.78. The van der Waals surface area contributed by atoms with Crippen LogP contribution in [0.1, 0.15) is 18.9 Å². The van der Waals surface area contributed by atoms with Crippen LogP contribution in [0, 0.1) is 17.2 Å². The summed E-state index contributed by atoms with van der Waals surface area (Å²) in [6.45, 7) is 2.57. The molecule has 2 atom stereocenters. The van der Waals surface area contributed by atoms with E-state index in [1.54, 1.807) is 11.9 Å². The van der Waals surface area contributed by atoms with E-state index < -0.39 is 0 Å². The zero-order valence-electron chi connectivity index (χ0n) is 11.4. The van der Waals surface area contributed by atoms with Crippen LogP contribution >= 0.6 is 0 Å². The fourth-order valence-corrected chi connectivity index (χ4v) is 2.39. The molecule has 0 saturated heterocycles. The van der Waals surface area contributed by atoms with E-state index >= 15 is 0 Å². The van der Waals surface area contributed by atoms with Crippen molar-refractivity contribution < 1.29 is 4.79 Å². The van der Waals surface area contributed by atoms with Crippen molar-refractivity contribution >= 4 is 11.6 Å². The standard InChI is InChI=1S/C15H19N3O/c1-11(7-8-16)18(2)15(19)13-9-12-5-3-4-6-14(12)17-10-13/h3-6,11,13,17H,7,9-10H2,1-2H3. The van der Waals surface area contributed by atoms with Crippen LogP contribution in [-0.2, 0) is 11.2 Å². The summed E-state index contributed by atoms with van der Waals surface area (Å²) in [4.78, 5) is 14.1. The van der Waals surface area contributed by atoms with E-state index in [2.05, 4.69) is 17.5 Å². The molecule has 0 saturated carbocycles. The van der Waals surface area contributed by atoms with Crippen molar-refractivity contribution in [2.24, 2.45) is 5.92 Å². The Hall–Kier alpha value is -2.02. The van der Waals surface area contributed by atoms with Gasteiger partial charge in [0.05, 0.1) is 18.4 Å². The van der Waals surface area contributed by atoms with E-state index in [1.165, 1.54) is 5.56 Å². The molecule has 0 spiro atoms. The number of rotatable bonds is 3. The molecule has 19 heavy (non-hydrogen) atoms. The van der Waals surface area contributed by atoms with Crippen LogP contribution < -0.4 is 5.32 Å². The lowest BCUT2D eigenvalue weighted by Gasteiger charge is -2.31. The molecule has 2 unspecified atom stereocenters. The second kappa shape index (κ2) is 5.75. The highest BCUT2D eigenvalue weighted by atomic mass is 16.2. The van der Waals surface area contributed by atoms with Gasteiger partial charge in [-0.2, -0.15) is 5.26 Å². The number of fused-ring (bicyclic) bond motifs is 1. The Morgan fingerprint density at radius 2 is 2.32 bits per heavy atom. The van der Waals surface area contributed by atoms with Crippen LogP contribution in [0.25, 0.3) is 0 Å². The SMILES string of the molecule is CC(CC#N)N(C)C(=O)C1CNc2ccccc2C1. The first-order chi connectivity index (χ1) is 9.13. The Morgan fingerprint density at radius 1 is 1.58 bits per heavy atom. The lowest BCUT2D eigenvalue weighted by molar-refractivity contribution is -0.135. The Morgan fingerprint density at radius 3 is 3.05 bits per heavy atom. The fraction of sp³-hybridized carbons (Fsp3) is 0.467. The van der Waals surface area contributed by atoms with Gasteiger partial charge in [0.15, 0.2) is 0 Å². The molecule has 1 aliphatic heterocycles. The van der Waals surface area contributed by atoms with Crippen molar-refractivity contribution in [2.75, 3.05) is 18.9 Å². The molecule has 4 heteroatoms. The average molecular weight is 257 g/mol. The van der Waals surface area contributed by atoms with E-state index in [1.807, 2.05) is 25.1 Å². The molecular formula is C15H19N3O. The summed E-state index contributed by atoms with van der Waals surface area (Å²) < 4.78 is 0. The number of benzene rings is 1. The molecule has 0 aromatic heterocycles. The number of nitrogens with one attached hydrogen (secondary N) is 1. The highest BCUT2D eigenvalue weighted by Gasteiger charge is 2.28. The highest BCUT2D eigenvalue weighted by molar-refractivity contribution is 5.81. The van der Waals surface area contributed by atoms with Crippen molar-refractivity contribution in [2.45, 2.75) is 25.8 Å². The highest BCUT2D eigenvalue weighted by Crippen LogP contribution is 2.25. The summed E-state index contributed by atoms with van der Waals surface area (Å²) in [5.74, 6) is 0.0748. The van der Waals surface area contributed by atoms with Gasteiger partial charge in [-0.3, -0.25) is 4.79 Å². The van der Waals surface area contributed by atoms with Gasteiger partial charge in [0.25, 0.3) is 0 Å². The molecule has 4 nitrogen and oxygen atoms in total. The maximum atomic E-state index is 12.4. The van der Waals surface area contributed by atoms with Crippen LogP contribution in [0.2, 0.25) is 0 Å². The molecule has 1 aliphatic rings. The molecule has 2 rings (SSSR count). The van der Waals surface area contributed by atoms with Gasteiger partial charge in [0, 0.05) is 25.3 Å². The molecule has 1 aromatic carbocycles. The number of amides is 1. The molecule has 1 aromatic rings. The Labute approximate surface area is 114 Å². The van der Waals surface area contributed by atoms with Crippen molar-refractivity contribution in [1.82, 2.24) is 4.90 Å². The predicted octanol–water partition coefficient (Wildman–Crippen LogP) is 2.03. The van der Waals surface area contributed by atoms with Gasteiger partial charge in [-0.15, -0.1) is 0 Å². The molecule has 1 N–H and O–H groups in total. The summed E-state index contributed by atoms with van der Waals surface area (Å²) in [5, 5.41) is 12.0. The van der Waals surface area contributed by atoms with Gasteiger partial charge >= 0.3 is 0 Å². The normalized spacial score (nSPS) is 18.7. The predicted molar refractivity (Wildman–Crippen MR) is 74.6 cm³/mol. The second-order valence-electron chi connectivity index (χ2n) is 5.10. The first kappa shape index (κ1) is 13.4. The van der Waals surface area contributed by atoms with Gasteiger partial charge in [-0.1, -0.05) is 18.2 Å². The van der Waals surface area contributed by atoms with Gasteiger partial charge in [-0.25, -0.2) is 0 Å². The quantitative estimate of drug-likeness (QED) is 0.901. The minimum absolute atomic E-state index is 0.0327. The molecule has 1 heterocycles. The number of nitrogens with zero attached hydrogens (tertiary/aromatic N) is 2. The van der Waals surface area contributed by atoms with Crippen LogP contribution in [0.5, 0.6) is 0 Å². The van der Waals surface area contributed by atoms with E-state index in [9.17, 15) is 4.79 Å². The molecular weight excluding hydrogens is 238 g/mol. The fourth-order valence-electron chi connectivity index (χ4n) is 2.39. The lowest BCUT2D eigenvalue weighted by Crippen LogP contribution is -2.43. The number of hydrogen-bond acceptors (Lipinski definition) is 3. The third-order valence-corrected chi connectivity index (χ3v) is 3.77. The van der Waals surface area contributed by atoms with Crippen LogP contribution in [-0.4, -0.2) is 30.4 Å². The number of carbonyl (C=O) groups excluding carboxylic acids is 1. The van der Waals surface area contributed by atoms with Crippen molar-refractivity contribution in [1.29, 1.82) is 5.26 Å². The second-order valence-corrected chi connectivity index (χ2v) is 5.10. The zero-order chi connectivity index (χ0) is 13.8. The van der Waals surface area contributed by atoms with Crippen LogP contribution in [0.3, 0.4) is 0 Å². The number of anilines is 1. The lowest BCUT2D eigenvalue weighted by atomic mass is 9.92. The maximum Gasteiger partial charge on any atom is 0.227 e. The molecule has 0 bridgehead atoms. The summed E-state index contributed by atoms with van der Waals surface area (Å²) in [6, 6.07) is 10.2. The molecule has 1 amide bonds. The number of carbonyl (C=O) groups is 1. The molecule has 100 valence electrons. The van der Waals surface area contributed by atoms with E-state index in [0.29, 0.717) is 13.0 Å². The molecule has 0 fully saturated rings. The van der Waals surface area contributed by atoms with Gasteiger partial charge < -0.3 is 10.2 Å². The van der Waals surface area contributed by atoms with Crippen molar-refractivity contribution in [3.05, 3.63) is 29.8 Å². The minimum Gasteiger partial charge on any atom is -0.384 e.